The fraction of sp³-hybridized carbons (Fsp3) is 0.929. The molecule has 0 aliphatic heterocycles. The number of aliphatic hydroxyl groups excluding tert-OH is 4. The summed E-state index contributed by atoms with van der Waals surface area (Å²) in [5, 5.41) is 37.0. The van der Waals surface area contributed by atoms with E-state index in [1.807, 2.05) is 0 Å². The number of aldehydes is 1. The Labute approximate surface area is 120 Å². The molecule has 0 spiro atoms. The minimum absolute atomic E-state index is 0.314. The highest BCUT2D eigenvalue weighted by atomic mass is 16.5. The Kier molecular flexibility index (Phi) is 11.9. The number of unbranched alkanes of at least 4 members (excludes halogenated alkanes) is 5. The summed E-state index contributed by atoms with van der Waals surface area (Å²) < 4.78 is 5.20. The van der Waals surface area contributed by atoms with Gasteiger partial charge < -0.3 is 30.0 Å². The zero-order valence-corrected chi connectivity index (χ0v) is 12.1. The second-order valence-electron chi connectivity index (χ2n) is 4.97. The lowest BCUT2D eigenvalue weighted by molar-refractivity contribution is -0.146. The third-order valence-electron chi connectivity index (χ3n) is 3.21. The van der Waals surface area contributed by atoms with Crippen LogP contribution in [0.5, 0.6) is 0 Å². The molecule has 0 radical (unpaired) electrons. The SMILES string of the molecule is CCCCCCCCO[C@@H](C=O)[C@@H](O)[C@H](O)[C@H](O)CO. The topological polar surface area (TPSA) is 107 Å². The highest BCUT2D eigenvalue weighted by molar-refractivity contribution is 5.57. The first-order valence-corrected chi connectivity index (χ1v) is 7.30. The molecule has 0 bridgehead atoms. The Balaban J connectivity index is 3.88. The van der Waals surface area contributed by atoms with Crippen LogP contribution in [0.15, 0.2) is 0 Å². The van der Waals surface area contributed by atoms with E-state index in [0.29, 0.717) is 12.9 Å². The minimum atomic E-state index is -1.61. The summed E-state index contributed by atoms with van der Waals surface area (Å²) in [6.45, 7) is 1.76. The average Bonchev–Trinajstić information content (AvgIpc) is 2.48. The Bertz CT molecular complexity index is 236. The van der Waals surface area contributed by atoms with Gasteiger partial charge in [0, 0.05) is 6.61 Å². The van der Waals surface area contributed by atoms with Crippen molar-refractivity contribution in [2.75, 3.05) is 13.2 Å². The smallest absolute Gasteiger partial charge is 0.151 e. The van der Waals surface area contributed by atoms with Crippen LogP contribution in [0.2, 0.25) is 0 Å². The molecular weight excluding hydrogens is 264 g/mol. The van der Waals surface area contributed by atoms with Crippen molar-refractivity contribution in [1.82, 2.24) is 0 Å². The van der Waals surface area contributed by atoms with Gasteiger partial charge in [0.2, 0.25) is 0 Å². The Morgan fingerprint density at radius 3 is 2.15 bits per heavy atom. The van der Waals surface area contributed by atoms with Crippen LogP contribution >= 0.6 is 0 Å². The summed E-state index contributed by atoms with van der Waals surface area (Å²) >= 11 is 0. The van der Waals surface area contributed by atoms with Crippen LogP contribution < -0.4 is 0 Å². The molecule has 6 nitrogen and oxygen atoms in total. The second kappa shape index (κ2) is 12.2. The molecule has 0 aliphatic carbocycles. The molecule has 0 saturated carbocycles. The van der Waals surface area contributed by atoms with Crippen molar-refractivity contribution in [2.45, 2.75) is 69.9 Å². The number of aliphatic hydroxyl groups is 4. The van der Waals surface area contributed by atoms with Gasteiger partial charge in [-0.3, -0.25) is 0 Å². The van der Waals surface area contributed by atoms with E-state index >= 15 is 0 Å². The molecule has 0 aliphatic rings. The van der Waals surface area contributed by atoms with E-state index < -0.39 is 31.0 Å². The normalized spacial score (nSPS) is 17.4. The molecule has 0 saturated heterocycles. The minimum Gasteiger partial charge on any atom is -0.394 e. The maximum absolute atomic E-state index is 10.8. The van der Waals surface area contributed by atoms with Gasteiger partial charge in [-0.05, 0) is 6.42 Å². The molecule has 6 heteroatoms. The number of hydrogen-bond acceptors (Lipinski definition) is 6. The molecule has 0 unspecified atom stereocenters. The average molecular weight is 292 g/mol. The molecule has 0 aromatic heterocycles. The maximum Gasteiger partial charge on any atom is 0.151 e. The van der Waals surface area contributed by atoms with Gasteiger partial charge in [-0.1, -0.05) is 39.0 Å². The van der Waals surface area contributed by atoms with Crippen molar-refractivity contribution in [3.63, 3.8) is 0 Å². The van der Waals surface area contributed by atoms with Crippen molar-refractivity contribution >= 4 is 6.29 Å². The molecule has 0 heterocycles. The van der Waals surface area contributed by atoms with Crippen LogP contribution in [0.4, 0.5) is 0 Å². The van der Waals surface area contributed by atoms with Gasteiger partial charge in [0.1, 0.15) is 24.4 Å². The molecular formula is C14H28O6. The first-order valence-electron chi connectivity index (χ1n) is 7.30. The molecule has 4 N–H and O–H groups in total. The van der Waals surface area contributed by atoms with Crippen LogP contribution in [-0.4, -0.2) is 64.3 Å². The van der Waals surface area contributed by atoms with Crippen LogP contribution in [0.25, 0.3) is 0 Å². The molecule has 0 rings (SSSR count). The van der Waals surface area contributed by atoms with Crippen molar-refractivity contribution in [2.24, 2.45) is 0 Å². The van der Waals surface area contributed by atoms with E-state index in [-0.39, 0.29) is 0 Å². The van der Waals surface area contributed by atoms with Crippen LogP contribution in [0, 0.1) is 0 Å². The van der Waals surface area contributed by atoms with Gasteiger partial charge in [-0.2, -0.15) is 0 Å². The van der Waals surface area contributed by atoms with Gasteiger partial charge >= 0.3 is 0 Å². The number of carbonyl (C=O) groups is 1. The quantitative estimate of drug-likeness (QED) is 0.281. The third kappa shape index (κ3) is 7.91. The van der Waals surface area contributed by atoms with Gasteiger partial charge in [-0.25, -0.2) is 0 Å². The summed E-state index contributed by atoms with van der Waals surface area (Å²) in [4.78, 5) is 10.8. The van der Waals surface area contributed by atoms with E-state index in [1.54, 1.807) is 0 Å². The van der Waals surface area contributed by atoms with E-state index in [2.05, 4.69) is 6.92 Å². The first kappa shape index (κ1) is 19.5. The first-order chi connectivity index (χ1) is 9.58. The maximum atomic E-state index is 10.8. The van der Waals surface area contributed by atoms with Crippen LogP contribution in [0.1, 0.15) is 45.4 Å². The zero-order valence-electron chi connectivity index (χ0n) is 12.1. The van der Waals surface area contributed by atoms with Gasteiger partial charge in [0.15, 0.2) is 6.29 Å². The standard InChI is InChI=1S/C14H28O6/c1-2-3-4-5-6-7-8-20-12(10-16)14(19)13(18)11(17)9-15/h10-15,17-19H,2-9H2,1H3/t11-,12+,13-,14-/m1/s1. The van der Waals surface area contributed by atoms with Gasteiger partial charge in [0.05, 0.1) is 6.61 Å². The van der Waals surface area contributed by atoms with E-state index in [9.17, 15) is 20.1 Å². The van der Waals surface area contributed by atoms with Gasteiger partial charge in [0.25, 0.3) is 0 Å². The lowest BCUT2D eigenvalue weighted by Crippen LogP contribution is -2.47. The second-order valence-corrected chi connectivity index (χ2v) is 4.97. The summed E-state index contributed by atoms with van der Waals surface area (Å²) in [6.07, 6.45) is 0.997. The summed E-state index contributed by atoms with van der Waals surface area (Å²) in [5.41, 5.74) is 0. The number of ether oxygens (including phenoxy) is 1. The molecule has 4 atom stereocenters. The molecule has 0 aromatic carbocycles. The summed E-state index contributed by atoms with van der Waals surface area (Å²) in [5.74, 6) is 0. The van der Waals surface area contributed by atoms with Crippen molar-refractivity contribution in [3.8, 4) is 0 Å². The Morgan fingerprint density at radius 2 is 1.60 bits per heavy atom. The largest absolute Gasteiger partial charge is 0.394 e. The molecule has 0 amide bonds. The highest BCUT2D eigenvalue weighted by Crippen LogP contribution is 2.09. The van der Waals surface area contributed by atoms with E-state index in [4.69, 9.17) is 9.84 Å². The molecule has 0 fully saturated rings. The monoisotopic (exact) mass is 292 g/mol. The number of carbonyl (C=O) groups excluding carboxylic acids is 1. The number of rotatable bonds is 13. The fourth-order valence-electron chi connectivity index (χ4n) is 1.85. The number of hydrogen-bond donors (Lipinski definition) is 4. The predicted molar refractivity (Wildman–Crippen MR) is 74.3 cm³/mol. The molecule has 0 aromatic rings. The Hall–Kier alpha value is -0.530. The van der Waals surface area contributed by atoms with Crippen molar-refractivity contribution in [3.05, 3.63) is 0 Å². The van der Waals surface area contributed by atoms with Crippen molar-refractivity contribution < 1.29 is 30.0 Å². The fourth-order valence-corrected chi connectivity index (χ4v) is 1.85. The van der Waals surface area contributed by atoms with Crippen molar-refractivity contribution in [1.29, 1.82) is 0 Å². The van der Waals surface area contributed by atoms with Gasteiger partial charge in [-0.15, -0.1) is 0 Å². The Morgan fingerprint density at radius 1 is 1.00 bits per heavy atom. The lowest BCUT2D eigenvalue weighted by atomic mass is 10.0. The zero-order chi connectivity index (χ0) is 15.4. The van der Waals surface area contributed by atoms with E-state index in [1.165, 1.54) is 19.3 Å². The predicted octanol–water partition coefficient (Wildman–Crippen LogP) is 0.00600. The van der Waals surface area contributed by atoms with E-state index in [0.717, 1.165) is 19.3 Å². The molecule has 20 heavy (non-hydrogen) atoms. The third-order valence-corrected chi connectivity index (χ3v) is 3.21. The van der Waals surface area contributed by atoms with Crippen LogP contribution in [0.3, 0.4) is 0 Å². The van der Waals surface area contributed by atoms with Crippen LogP contribution in [-0.2, 0) is 9.53 Å². The summed E-state index contributed by atoms with van der Waals surface area (Å²) in [6, 6.07) is 0. The summed E-state index contributed by atoms with van der Waals surface area (Å²) in [7, 11) is 0. The molecule has 120 valence electrons. The highest BCUT2D eigenvalue weighted by Gasteiger charge is 2.31. The lowest BCUT2D eigenvalue weighted by Gasteiger charge is -2.25.